The minimum absolute atomic E-state index is 0.208. The molecule has 7 heteroatoms. The molecule has 0 saturated heterocycles. The van der Waals surface area contributed by atoms with Crippen molar-refractivity contribution in [2.75, 3.05) is 7.11 Å². The Labute approximate surface area is 178 Å². The summed E-state index contributed by atoms with van der Waals surface area (Å²) in [6.07, 6.45) is 4.70. The van der Waals surface area contributed by atoms with E-state index in [2.05, 4.69) is 5.32 Å². The molecule has 0 aliphatic rings. The van der Waals surface area contributed by atoms with Crippen LogP contribution in [0.2, 0.25) is 10.0 Å². The smallest absolute Gasteiger partial charge is 0.244 e. The van der Waals surface area contributed by atoms with Crippen LogP contribution in [0.25, 0.3) is 6.08 Å². The Balaban J connectivity index is 1.62. The number of hydrogen-bond acceptors (Lipinski definition) is 4. The molecule has 150 valence electrons. The average Bonchev–Trinajstić information content (AvgIpc) is 3.24. The standard InChI is InChI=1S/C22H19Cl2NO4/c1-27-21-12-15(8-10-22(26)25-13-16-4-3-11-28-16)7-9-20(21)29-14-17-18(23)5-2-6-19(17)24/h2-12H,13-14H2,1H3,(H,25,26)/b10-8+. The normalized spacial score (nSPS) is 10.9. The Hall–Kier alpha value is -2.89. The fourth-order valence-corrected chi connectivity index (χ4v) is 3.05. The number of ether oxygens (including phenoxy) is 2. The summed E-state index contributed by atoms with van der Waals surface area (Å²) in [6.45, 7) is 0.538. The van der Waals surface area contributed by atoms with Gasteiger partial charge >= 0.3 is 0 Å². The van der Waals surface area contributed by atoms with Crippen LogP contribution in [0.4, 0.5) is 0 Å². The molecule has 5 nitrogen and oxygen atoms in total. The summed E-state index contributed by atoms with van der Waals surface area (Å²) in [5.41, 5.74) is 1.49. The number of carbonyl (C=O) groups excluding carboxylic acids is 1. The molecule has 0 bridgehead atoms. The first-order valence-electron chi connectivity index (χ1n) is 8.79. The van der Waals surface area contributed by atoms with Crippen LogP contribution < -0.4 is 14.8 Å². The van der Waals surface area contributed by atoms with Crippen LogP contribution in [0.15, 0.2) is 65.3 Å². The number of hydrogen-bond donors (Lipinski definition) is 1. The molecule has 1 amide bonds. The van der Waals surface area contributed by atoms with Crippen molar-refractivity contribution in [3.63, 3.8) is 0 Å². The Kier molecular flexibility index (Phi) is 7.22. The molecular formula is C22H19Cl2NO4. The zero-order valence-corrected chi connectivity index (χ0v) is 17.2. The number of furan rings is 1. The van der Waals surface area contributed by atoms with Crippen LogP contribution in [0.5, 0.6) is 11.5 Å². The molecule has 0 fully saturated rings. The molecule has 3 rings (SSSR count). The van der Waals surface area contributed by atoms with Gasteiger partial charge in [0, 0.05) is 21.7 Å². The maximum absolute atomic E-state index is 11.9. The fraction of sp³-hybridized carbons (Fsp3) is 0.136. The van der Waals surface area contributed by atoms with Crippen LogP contribution in [-0.2, 0) is 17.9 Å². The van der Waals surface area contributed by atoms with E-state index in [1.54, 1.807) is 61.9 Å². The summed E-state index contributed by atoms with van der Waals surface area (Å²) in [7, 11) is 1.55. The zero-order chi connectivity index (χ0) is 20.6. The van der Waals surface area contributed by atoms with Crippen LogP contribution in [0, 0.1) is 0 Å². The summed E-state index contributed by atoms with van der Waals surface area (Å²) >= 11 is 12.4. The van der Waals surface area contributed by atoms with Crippen molar-refractivity contribution < 1.29 is 18.7 Å². The van der Waals surface area contributed by atoms with Gasteiger partial charge in [-0.3, -0.25) is 4.79 Å². The molecular weight excluding hydrogens is 413 g/mol. The molecule has 0 spiro atoms. The van der Waals surface area contributed by atoms with Crippen LogP contribution in [-0.4, -0.2) is 13.0 Å². The van der Waals surface area contributed by atoms with E-state index in [0.29, 0.717) is 39.4 Å². The number of methoxy groups -OCH3 is 1. The molecule has 1 heterocycles. The van der Waals surface area contributed by atoms with Crippen molar-refractivity contribution in [2.45, 2.75) is 13.2 Å². The number of carbonyl (C=O) groups is 1. The van der Waals surface area contributed by atoms with Gasteiger partial charge in [0.2, 0.25) is 5.91 Å². The highest BCUT2D eigenvalue weighted by atomic mass is 35.5. The Morgan fingerprint density at radius 1 is 1.10 bits per heavy atom. The third-order valence-electron chi connectivity index (χ3n) is 4.07. The third kappa shape index (κ3) is 5.79. The van der Waals surface area contributed by atoms with Crippen molar-refractivity contribution in [3.8, 4) is 11.5 Å². The molecule has 0 saturated carbocycles. The average molecular weight is 432 g/mol. The SMILES string of the molecule is COc1cc(/C=C/C(=O)NCc2ccco2)ccc1OCc1c(Cl)cccc1Cl. The van der Waals surface area contributed by atoms with Crippen molar-refractivity contribution in [3.05, 3.63) is 87.8 Å². The Morgan fingerprint density at radius 3 is 2.59 bits per heavy atom. The summed E-state index contributed by atoms with van der Waals surface area (Å²) in [4.78, 5) is 11.9. The van der Waals surface area contributed by atoms with E-state index in [-0.39, 0.29) is 12.5 Å². The fourth-order valence-electron chi connectivity index (χ4n) is 2.55. The summed E-state index contributed by atoms with van der Waals surface area (Å²) < 4.78 is 16.4. The maximum atomic E-state index is 11.9. The number of nitrogens with one attached hydrogen (secondary N) is 1. The zero-order valence-electron chi connectivity index (χ0n) is 15.7. The molecule has 1 aromatic heterocycles. The number of benzene rings is 2. The van der Waals surface area contributed by atoms with Gasteiger partial charge in [0.1, 0.15) is 12.4 Å². The molecule has 2 aromatic carbocycles. The lowest BCUT2D eigenvalue weighted by Gasteiger charge is -2.13. The number of halogens is 2. The monoisotopic (exact) mass is 431 g/mol. The summed E-state index contributed by atoms with van der Waals surface area (Å²) in [5.74, 6) is 1.54. The Bertz CT molecular complexity index is 980. The molecule has 3 aromatic rings. The van der Waals surface area contributed by atoms with E-state index in [0.717, 1.165) is 5.56 Å². The highest BCUT2D eigenvalue weighted by molar-refractivity contribution is 6.35. The van der Waals surface area contributed by atoms with E-state index < -0.39 is 0 Å². The largest absolute Gasteiger partial charge is 0.493 e. The van der Waals surface area contributed by atoms with Gasteiger partial charge in [0.15, 0.2) is 11.5 Å². The predicted molar refractivity (Wildman–Crippen MR) is 113 cm³/mol. The molecule has 0 aliphatic carbocycles. The van der Waals surface area contributed by atoms with Crippen molar-refractivity contribution in [1.82, 2.24) is 5.32 Å². The lowest BCUT2D eigenvalue weighted by molar-refractivity contribution is -0.116. The van der Waals surface area contributed by atoms with E-state index in [4.69, 9.17) is 37.1 Å². The minimum atomic E-state index is -0.228. The topological polar surface area (TPSA) is 60.7 Å². The first-order chi connectivity index (χ1) is 14.1. The third-order valence-corrected chi connectivity index (χ3v) is 4.77. The van der Waals surface area contributed by atoms with Gasteiger partial charge in [-0.05, 0) is 48.0 Å². The van der Waals surface area contributed by atoms with Crippen LogP contribution in [0.3, 0.4) is 0 Å². The van der Waals surface area contributed by atoms with Crippen molar-refractivity contribution in [1.29, 1.82) is 0 Å². The van der Waals surface area contributed by atoms with Gasteiger partial charge in [0.25, 0.3) is 0 Å². The van der Waals surface area contributed by atoms with Gasteiger partial charge in [0.05, 0.1) is 19.9 Å². The van der Waals surface area contributed by atoms with E-state index >= 15 is 0 Å². The predicted octanol–water partition coefficient (Wildman–Crippen LogP) is 5.50. The number of amides is 1. The molecule has 1 N–H and O–H groups in total. The quantitative estimate of drug-likeness (QED) is 0.478. The van der Waals surface area contributed by atoms with Gasteiger partial charge in [-0.25, -0.2) is 0 Å². The lowest BCUT2D eigenvalue weighted by Crippen LogP contribution is -2.19. The summed E-state index contributed by atoms with van der Waals surface area (Å²) in [6, 6.07) is 14.2. The number of rotatable bonds is 8. The van der Waals surface area contributed by atoms with Crippen molar-refractivity contribution >= 4 is 35.2 Å². The highest BCUT2D eigenvalue weighted by Crippen LogP contribution is 2.31. The minimum Gasteiger partial charge on any atom is -0.493 e. The van der Waals surface area contributed by atoms with Crippen LogP contribution in [0.1, 0.15) is 16.9 Å². The van der Waals surface area contributed by atoms with Gasteiger partial charge < -0.3 is 19.2 Å². The molecule has 29 heavy (non-hydrogen) atoms. The van der Waals surface area contributed by atoms with Gasteiger partial charge in [-0.2, -0.15) is 0 Å². The van der Waals surface area contributed by atoms with E-state index in [1.165, 1.54) is 6.08 Å². The maximum Gasteiger partial charge on any atom is 0.244 e. The first kappa shape index (κ1) is 20.8. The van der Waals surface area contributed by atoms with E-state index in [1.807, 2.05) is 6.07 Å². The second-order valence-corrected chi connectivity index (χ2v) is 6.84. The van der Waals surface area contributed by atoms with E-state index in [9.17, 15) is 4.79 Å². The van der Waals surface area contributed by atoms with Crippen molar-refractivity contribution in [2.24, 2.45) is 0 Å². The molecule has 0 aliphatic heterocycles. The second-order valence-electron chi connectivity index (χ2n) is 6.03. The molecule has 0 radical (unpaired) electrons. The lowest BCUT2D eigenvalue weighted by atomic mass is 10.2. The highest BCUT2D eigenvalue weighted by Gasteiger charge is 2.10. The second kappa shape index (κ2) is 10.0. The van der Waals surface area contributed by atoms with Crippen LogP contribution >= 0.6 is 23.2 Å². The molecule has 0 atom stereocenters. The summed E-state index contributed by atoms with van der Waals surface area (Å²) in [5, 5.41) is 3.82. The van der Waals surface area contributed by atoms with Gasteiger partial charge in [-0.15, -0.1) is 0 Å². The van der Waals surface area contributed by atoms with Gasteiger partial charge in [-0.1, -0.05) is 35.3 Å². The Morgan fingerprint density at radius 2 is 1.90 bits per heavy atom. The first-order valence-corrected chi connectivity index (χ1v) is 9.54. The molecule has 0 unspecified atom stereocenters.